The van der Waals surface area contributed by atoms with Gasteiger partial charge in [0.15, 0.2) is 0 Å². The van der Waals surface area contributed by atoms with E-state index in [0.717, 1.165) is 33.2 Å². The molecule has 0 atom stereocenters. The maximum absolute atomic E-state index is 5.58. The van der Waals surface area contributed by atoms with Gasteiger partial charge in [0.2, 0.25) is 5.95 Å². The second-order valence-corrected chi connectivity index (χ2v) is 15.6. The second-order valence-electron chi connectivity index (χ2n) is 14.6. The molecule has 0 bridgehead atoms. The molecule has 0 spiro atoms. The van der Waals surface area contributed by atoms with Gasteiger partial charge in [-0.15, -0.1) is 11.3 Å². The summed E-state index contributed by atoms with van der Waals surface area (Å²) in [6, 6.07) is 51.3. The quantitative estimate of drug-likeness (QED) is 0.136. The van der Waals surface area contributed by atoms with Crippen LogP contribution in [0.2, 0.25) is 0 Å². The Morgan fingerprint density at radius 1 is 0.529 bits per heavy atom. The Labute approximate surface area is 297 Å². The van der Waals surface area contributed by atoms with E-state index in [4.69, 9.17) is 9.97 Å². The molecule has 0 saturated heterocycles. The second kappa shape index (κ2) is 9.57. The Hall–Kier alpha value is -6.10. The van der Waals surface area contributed by atoms with Crippen molar-refractivity contribution in [3.05, 3.63) is 151 Å². The third-order valence-electron chi connectivity index (χ3n) is 11.5. The van der Waals surface area contributed by atoms with E-state index < -0.39 is 0 Å². The van der Waals surface area contributed by atoms with Gasteiger partial charge in [0.05, 0.1) is 22.2 Å². The van der Waals surface area contributed by atoms with Crippen LogP contribution in [0, 0.1) is 0 Å². The summed E-state index contributed by atoms with van der Waals surface area (Å²) in [5, 5.41) is 11.1. The lowest BCUT2D eigenvalue weighted by Gasteiger charge is -2.21. The average molecular weight is 668 g/mol. The van der Waals surface area contributed by atoms with E-state index in [1.807, 2.05) is 11.3 Å². The molecule has 0 fully saturated rings. The number of benzene rings is 8. The molecule has 0 unspecified atom stereocenters. The van der Waals surface area contributed by atoms with Gasteiger partial charge in [0, 0.05) is 52.7 Å². The van der Waals surface area contributed by atoms with E-state index >= 15 is 0 Å². The first-order chi connectivity index (χ1) is 25.0. The molecule has 11 aromatic rings. The smallest absolute Gasteiger partial charge is 0.235 e. The van der Waals surface area contributed by atoms with Crippen molar-refractivity contribution in [3.63, 3.8) is 0 Å². The van der Waals surface area contributed by atoms with Gasteiger partial charge in [-0.3, -0.25) is 4.57 Å². The molecule has 0 N–H and O–H groups in total. The Kier molecular flexibility index (Phi) is 5.19. The van der Waals surface area contributed by atoms with Crippen LogP contribution in [-0.4, -0.2) is 14.5 Å². The van der Waals surface area contributed by atoms with Gasteiger partial charge in [-0.1, -0.05) is 117 Å². The van der Waals surface area contributed by atoms with E-state index in [1.54, 1.807) is 0 Å². The number of rotatable bonds is 2. The molecule has 0 radical (unpaired) electrons. The zero-order valence-electron chi connectivity index (χ0n) is 28.0. The molecule has 3 heterocycles. The maximum Gasteiger partial charge on any atom is 0.235 e. The normalized spacial score (nSPS) is 13.8. The summed E-state index contributed by atoms with van der Waals surface area (Å²) in [4.78, 5) is 11.0. The van der Waals surface area contributed by atoms with Crippen molar-refractivity contribution >= 4 is 85.8 Å². The fourth-order valence-corrected chi connectivity index (χ4v) is 10.3. The molecule has 8 aromatic carbocycles. The predicted molar refractivity (Wildman–Crippen MR) is 216 cm³/mol. The van der Waals surface area contributed by atoms with Crippen LogP contribution < -0.4 is 0 Å². The number of nitrogens with zero attached hydrogens (tertiary/aromatic N) is 3. The molecule has 0 saturated carbocycles. The van der Waals surface area contributed by atoms with Crippen molar-refractivity contribution in [1.29, 1.82) is 0 Å². The van der Waals surface area contributed by atoms with Crippen LogP contribution in [0.25, 0.3) is 103 Å². The highest BCUT2D eigenvalue weighted by molar-refractivity contribution is 7.26. The molecule has 3 aromatic heterocycles. The minimum atomic E-state index is -0.0601. The summed E-state index contributed by atoms with van der Waals surface area (Å²) >= 11 is 1.89. The van der Waals surface area contributed by atoms with Crippen molar-refractivity contribution in [3.8, 4) is 28.3 Å². The monoisotopic (exact) mass is 667 g/mol. The summed E-state index contributed by atoms with van der Waals surface area (Å²) in [6.45, 7) is 4.67. The van der Waals surface area contributed by atoms with Crippen molar-refractivity contribution in [1.82, 2.24) is 14.5 Å². The van der Waals surface area contributed by atoms with Crippen LogP contribution in [0.15, 0.2) is 140 Å². The lowest BCUT2D eigenvalue weighted by Crippen LogP contribution is -2.14. The first-order valence-corrected chi connectivity index (χ1v) is 18.4. The summed E-state index contributed by atoms with van der Waals surface area (Å²) in [7, 11) is 0. The molecule has 51 heavy (non-hydrogen) atoms. The predicted octanol–water partition coefficient (Wildman–Crippen LogP) is 12.8. The summed E-state index contributed by atoms with van der Waals surface area (Å²) in [6.07, 6.45) is 0. The molecular formula is C47H29N3S. The van der Waals surface area contributed by atoms with Crippen LogP contribution in [0.4, 0.5) is 0 Å². The highest BCUT2D eigenvalue weighted by Gasteiger charge is 2.35. The average Bonchev–Trinajstić information content (AvgIpc) is 3.78. The van der Waals surface area contributed by atoms with Gasteiger partial charge >= 0.3 is 0 Å². The van der Waals surface area contributed by atoms with Gasteiger partial charge in [0.1, 0.15) is 0 Å². The molecule has 3 nitrogen and oxygen atoms in total. The third kappa shape index (κ3) is 3.57. The Morgan fingerprint density at radius 3 is 2.24 bits per heavy atom. The van der Waals surface area contributed by atoms with Crippen LogP contribution in [-0.2, 0) is 5.41 Å². The Morgan fingerprint density at radius 2 is 1.31 bits per heavy atom. The molecule has 0 amide bonds. The van der Waals surface area contributed by atoms with Gasteiger partial charge in [0.25, 0.3) is 0 Å². The molecule has 12 rings (SSSR count). The first kappa shape index (κ1) is 27.7. The lowest BCUT2D eigenvalue weighted by molar-refractivity contribution is 0.660. The van der Waals surface area contributed by atoms with Crippen LogP contribution in [0.5, 0.6) is 0 Å². The molecule has 1 aliphatic carbocycles. The Balaban J connectivity index is 1.21. The van der Waals surface area contributed by atoms with Crippen molar-refractivity contribution in [2.75, 3.05) is 0 Å². The minimum absolute atomic E-state index is 0.0601. The highest BCUT2D eigenvalue weighted by Crippen LogP contribution is 2.50. The first-order valence-electron chi connectivity index (χ1n) is 17.6. The van der Waals surface area contributed by atoms with Gasteiger partial charge in [-0.05, 0) is 74.8 Å². The molecular weight excluding hydrogens is 639 g/mol. The van der Waals surface area contributed by atoms with Crippen molar-refractivity contribution in [2.45, 2.75) is 19.3 Å². The fourth-order valence-electron chi connectivity index (χ4n) is 9.13. The molecule has 238 valence electrons. The van der Waals surface area contributed by atoms with Crippen LogP contribution in [0.1, 0.15) is 25.0 Å². The highest BCUT2D eigenvalue weighted by atomic mass is 32.1. The topological polar surface area (TPSA) is 30.7 Å². The number of fused-ring (bicyclic) bond motifs is 9. The molecule has 1 aliphatic rings. The van der Waals surface area contributed by atoms with Gasteiger partial charge in [-0.25, -0.2) is 9.97 Å². The zero-order chi connectivity index (χ0) is 33.6. The Bertz CT molecular complexity index is 3290. The SMILES string of the molecule is CC1(C)c2ccccc2-c2cc(-c3nc(-n4c5cccc6ccc7c8sc9ccccc9c8cc4c7c65)nc4cc5ccccc5cc34)ccc21. The van der Waals surface area contributed by atoms with E-state index in [1.165, 1.54) is 74.7 Å². The summed E-state index contributed by atoms with van der Waals surface area (Å²) < 4.78 is 4.96. The van der Waals surface area contributed by atoms with Gasteiger partial charge < -0.3 is 0 Å². The van der Waals surface area contributed by atoms with E-state index in [9.17, 15) is 0 Å². The zero-order valence-corrected chi connectivity index (χ0v) is 28.8. The lowest BCUT2D eigenvalue weighted by atomic mass is 9.82. The number of hydrogen-bond donors (Lipinski definition) is 0. The van der Waals surface area contributed by atoms with Crippen molar-refractivity contribution in [2.24, 2.45) is 0 Å². The molecule has 0 aliphatic heterocycles. The summed E-state index contributed by atoms with van der Waals surface area (Å²) in [5.41, 5.74) is 10.5. The van der Waals surface area contributed by atoms with E-state index in [0.29, 0.717) is 5.95 Å². The van der Waals surface area contributed by atoms with Crippen molar-refractivity contribution < 1.29 is 0 Å². The fraction of sp³-hybridized carbons (Fsp3) is 0.0638. The van der Waals surface area contributed by atoms with E-state index in [-0.39, 0.29) is 5.41 Å². The number of hydrogen-bond acceptors (Lipinski definition) is 3. The maximum atomic E-state index is 5.58. The minimum Gasteiger partial charge on any atom is -0.278 e. The van der Waals surface area contributed by atoms with Crippen LogP contribution >= 0.6 is 11.3 Å². The molecule has 4 heteroatoms. The van der Waals surface area contributed by atoms with E-state index in [2.05, 4.69) is 158 Å². The number of aromatic nitrogens is 3. The number of thiophene rings is 1. The summed E-state index contributed by atoms with van der Waals surface area (Å²) in [5.74, 6) is 0.692. The largest absolute Gasteiger partial charge is 0.278 e. The van der Waals surface area contributed by atoms with Gasteiger partial charge in [-0.2, -0.15) is 0 Å². The van der Waals surface area contributed by atoms with Crippen LogP contribution in [0.3, 0.4) is 0 Å². The third-order valence-corrected chi connectivity index (χ3v) is 12.7. The standard InChI is InChI=1S/C47H29N3S/c1-47(2)36-15-7-5-13-30(36)33-23-29(19-21-37(33)47)44-35-22-27-10-3-4-11-28(27)24-38(35)48-46(49-44)50-39-16-9-12-26-18-20-32-43(42(26)39)40(50)25-34-31-14-6-8-17-41(31)51-45(32)34/h3-25H,1-2H3.